The van der Waals surface area contributed by atoms with E-state index in [9.17, 15) is 9.90 Å². The second-order valence-corrected chi connectivity index (χ2v) is 6.36. The lowest BCUT2D eigenvalue weighted by Gasteiger charge is -2.18. The first-order chi connectivity index (χ1) is 10.0. The predicted molar refractivity (Wildman–Crippen MR) is 85.8 cm³/mol. The van der Waals surface area contributed by atoms with Gasteiger partial charge in [-0.25, -0.2) is 0 Å². The maximum atomic E-state index is 11.8. The molecule has 0 spiro atoms. The molecule has 1 aromatic carbocycles. The van der Waals surface area contributed by atoms with E-state index in [0.29, 0.717) is 17.2 Å². The van der Waals surface area contributed by atoms with Gasteiger partial charge in [-0.2, -0.15) is 5.26 Å². The number of nitriles is 1. The molecule has 1 aromatic rings. The summed E-state index contributed by atoms with van der Waals surface area (Å²) < 4.78 is 0. The summed E-state index contributed by atoms with van der Waals surface area (Å²) in [5, 5.41) is 20.8. The van der Waals surface area contributed by atoms with Crippen molar-refractivity contribution in [2.24, 2.45) is 5.92 Å². The number of thioether (sulfide) groups is 1. The van der Waals surface area contributed by atoms with Gasteiger partial charge in [-0.15, -0.1) is 11.8 Å². The second kappa shape index (κ2) is 9.43. The first kappa shape index (κ1) is 17.5. The summed E-state index contributed by atoms with van der Waals surface area (Å²) in [6.07, 6.45) is 0.780. The number of carbonyl (C=O) groups excluding carboxylic acids is 1. The topological polar surface area (TPSA) is 73.1 Å². The average molecular weight is 306 g/mol. The number of nitrogens with one attached hydrogen (secondary N) is 1. The average Bonchev–Trinajstić information content (AvgIpc) is 2.46. The number of carbonyl (C=O) groups is 1. The molecule has 2 N–H and O–H groups in total. The van der Waals surface area contributed by atoms with Crippen molar-refractivity contribution in [3.05, 3.63) is 35.4 Å². The van der Waals surface area contributed by atoms with E-state index in [1.165, 1.54) is 11.8 Å². The zero-order chi connectivity index (χ0) is 15.7. The van der Waals surface area contributed by atoms with Crippen LogP contribution in [-0.4, -0.2) is 29.4 Å². The van der Waals surface area contributed by atoms with Gasteiger partial charge >= 0.3 is 0 Å². The number of hydrogen-bond donors (Lipinski definition) is 2. The molecular weight excluding hydrogens is 284 g/mol. The summed E-state index contributed by atoms with van der Waals surface area (Å²) in [5.74, 6) is 1.49. The van der Waals surface area contributed by atoms with Gasteiger partial charge in [-0.1, -0.05) is 26.0 Å². The van der Waals surface area contributed by atoms with E-state index in [1.807, 2.05) is 12.1 Å². The molecule has 4 nitrogen and oxygen atoms in total. The maximum Gasteiger partial charge on any atom is 0.230 e. The lowest BCUT2D eigenvalue weighted by atomic mass is 10.0. The molecule has 0 bridgehead atoms. The minimum Gasteiger partial charge on any atom is -0.394 e. The van der Waals surface area contributed by atoms with Gasteiger partial charge < -0.3 is 10.4 Å². The third kappa shape index (κ3) is 7.16. The van der Waals surface area contributed by atoms with E-state index in [0.717, 1.165) is 17.7 Å². The lowest BCUT2D eigenvalue weighted by molar-refractivity contribution is -0.119. The van der Waals surface area contributed by atoms with Crippen LogP contribution in [0.3, 0.4) is 0 Å². The molecule has 0 fully saturated rings. The minimum absolute atomic E-state index is 0.0236. The smallest absolute Gasteiger partial charge is 0.230 e. The molecule has 21 heavy (non-hydrogen) atoms. The highest BCUT2D eigenvalue weighted by Crippen LogP contribution is 2.13. The maximum absolute atomic E-state index is 11.8. The summed E-state index contributed by atoms with van der Waals surface area (Å²) in [6.45, 7) is 4.10. The van der Waals surface area contributed by atoms with Crippen LogP contribution in [0.5, 0.6) is 0 Å². The number of aliphatic hydroxyl groups excluding tert-OH is 1. The highest BCUT2D eigenvalue weighted by molar-refractivity contribution is 7.99. The first-order valence-corrected chi connectivity index (χ1v) is 8.17. The van der Waals surface area contributed by atoms with Gasteiger partial charge in [-0.3, -0.25) is 4.79 Å². The Morgan fingerprint density at radius 1 is 1.38 bits per heavy atom. The van der Waals surface area contributed by atoms with Gasteiger partial charge in [0.25, 0.3) is 0 Å². The Bertz CT molecular complexity index is 480. The van der Waals surface area contributed by atoms with Crippen LogP contribution in [-0.2, 0) is 10.5 Å². The molecule has 114 valence electrons. The van der Waals surface area contributed by atoms with Crippen LogP contribution in [0.4, 0.5) is 0 Å². The van der Waals surface area contributed by atoms with Crippen molar-refractivity contribution in [2.75, 3.05) is 12.4 Å². The monoisotopic (exact) mass is 306 g/mol. The zero-order valence-electron chi connectivity index (χ0n) is 12.5. The second-order valence-electron chi connectivity index (χ2n) is 5.38. The predicted octanol–water partition coefficient (Wildman–Crippen LogP) is 2.31. The van der Waals surface area contributed by atoms with Crippen LogP contribution < -0.4 is 5.32 Å². The highest BCUT2D eigenvalue weighted by Gasteiger charge is 2.12. The van der Waals surface area contributed by atoms with Gasteiger partial charge in [0.05, 0.1) is 30.0 Å². The van der Waals surface area contributed by atoms with Crippen molar-refractivity contribution >= 4 is 17.7 Å². The largest absolute Gasteiger partial charge is 0.394 e. The van der Waals surface area contributed by atoms with Gasteiger partial charge in [0.15, 0.2) is 0 Å². The number of amides is 1. The van der Waals surface area contributed by atoms with Crippen molar-refractivity contribution in [1.29, 1.82) is 5.26 Å². The molecule has 0 heterocycles. The standard InChI is InChI=1S/C16H22N2O2S/c1-12(2)7-15(9-19)18-16(20)11-21-10-14-5-3-13(8-17)4-6-14/h3-6,12,15,19H,7,9-11H2,1-2H3,(H,18,20). The van der Waals surface area contributed by atoms with Crippen molar-refractivity contribution in [3.8, 4) is 6.07 Å². The van der Waals surface area contributed by atoms with E-state index >= 15 is 0 Å². The molecule has 0 saturated carbocycles. The SMILES string of the molecule is CC(C)CC(CO)NC(=O)CSCc1ccc(C#N)cc1. The highest BCUT2D eigenvalue weighted by atomic mass is 32.2. The van der Waals surface area contributed by atoms with Crippen LogP contribution in [0.15, 0.2) is 24.3 Å². The summed E-state index contributed by atoms with van der Waals surface area (Å²) in [5.41, 5.74) is 1.73. The summed E-state index contributed by atoms with van der Waals surface area (Å²) in [7, 11) is 0. The number of rotatable bonds is 8. The molecule has 1 rings (SSSR count). The Labute approximate surface area is 130 Å². The van der Waals surface area contributed by atoms with Crippen LogP contribution in [0.1, 0.15) is 31.4 Å². The van der Waals surface area contributed by atoms with Gasteiger partial charge in [0.2, 0.25) is 5.91 Å². The third-order valence-electron chi connectivity index (χ3n) is 2.93. The van der Waals surface area contributed by atoms with Crippen LogP contribution in [0, 0.1) is 17.2 Å². The fourth-order valence-electron chi connectivity index (χ4n) is 1.95. The summed E-state index contributed by atoms with van der Waals surface area (Å²) in [4.78, 5) is 11.8. The third-order valence-corrected chi connectivity index (χ3v) is 3.93. The molecule has 0 aliphatic carbocycles. The number of nitrogens with zero attached hydrogens (tertiary/aromatic N) is 1. The molecule has 1 unspecified atom stereocenters. The van der Waals surface area contributed by atoms with E-state index < -0.39 is 0 Å². The van der Waals surface area contributed by atoms with Gasteiger partial charge in [0.1, 0.15) is 0 Å². The van der Waals surface area contributed by atoms with Gasteiger partial charge in [-0.05, 0) is 30.0 Å². The van der Waals surface area contributed by atoms with E-state index in [-0.39, 0.29) is 18.6 Å². The Hall–Kier alpha value is -1.51. The van der Waals surface area contributed by atoms with Crippen LogP contribution in [0.2, 0.25) is 0 Å². The normalized spacial score (nSPS) is 12.0. The van der Waals surface area contributed by atoms with Crippen molar-refractivity contribution in [3.63, 3.8) is 0 Å². The van der Waals surface area contributed by atoms with Crippen LogP contribution >= 0.6 is 11.8 Å². The van der Waals surface area contributed by atoms with E-state index in [2.05, 4.69) is 25.2 Å². The number of hydrogen-bond acceptors (Lipinski definition) is 4. The molecule has 1 atom stereocenters. The molecule has 0 aromatic heterocycles. The molecule has 0 aliphatic rings. The van der Waals surface area contributed by atoms with Crippen molar-refractivity contribution < 1.29 is 9.90 Å². The van der Waals surface area contributed by atoms with Crippen molar-refractivity contribution in [1.82, 2.24) is 5.32 Å². The van der Waals surface area contributed by atoms with Gasteiger partial charge in [0, 0.05) is 5.75 Å². The fraction of sp³-hybridized carbons (Fsp3) is 0.500. The lowest BCUT2D eigenvalue weighted by Crippen LogP contribution is -2.39. The summed E-state index contributed by atoms with van der Waals surface area (Å²) in [6, 6.07) is 9.28. The molecule has 0 aliphatic heterocycles. The molecule has 0 radical (unpaired) electrons. The first-order valence-electron chi connectivity index (χ1n) is 7.02. The van der Waals surface area contributed by atoms with E-state index in [1.54, 1.807) is 12.1 Å². The Kier molecular flexibility index (Phi) is 7.88. The van der Waals surface area contributed by atoms with E-state index in [4.69, 9.17) is 5.26 Å². The van der Waals surface area contributed by atoms with Crippen molar-refractivity contribution in [2.45, 2.75) is 32.1 Å². The molecule has 1 amide bonds. The quantitative estimate of drug-likeness (QED) is 0.773. The minimum atomic E-state index is -0.159. The zero-order valence-corrected chi connectivity index (χ0v) is 13.3. The summed E-state index contributed by atoms with van der Waals surface area (Å²) >= 11 is 1.52. The Balaban J connectivity index is 2.30. The number of aliphatic hydroxyl groups is 1. The molecule has 5 heteroatoms. The molecular formula is C16H22N2O2S. The Morgan fingerprint density at radius 3 is 2.57 bits per heavy atom. The molecule has 0 saturated heterocycles. The van der Waals surface area contributed by atoms with Crippen LogP contribution in [0.25, 0.3) is 0 Å². The number of benzene rings is 1. The fourth-order valence-corrected chi connectivity index (χ4v) is 2.75. The Morgan fingerprint density at radius 2 is 2.05 bits per heavy atom.